The summed E-state index contributed by atoms with van der Waals surface area (Å²) in [6.07, 6.45) is 0. The van der Waals surface area contributed by atoms with Gasteiger partial charge in [-0.2, -0.15) is 0 Å². The third-order valence-corrected chi connectivity index (χ3v) is 14.2. The molecule has 2 aromatic heterocycles. The van der Waals surface area contributed by atoms with E-state index < -0.39 is 5.97 Å². The van der Waals surface area contributed by atoms with Gasteiger partial charge in [0.05, 0.1) is 16.6 Å². The van der Waals surface area contributed by atoms with E-state index >= 15 is 0 Å². The Morgan fingerprint density at radius 2 is 0.867 bits per heavy atom. The first-order valence-electron chi connectivity index (χ1n) is 25.0. The van der Waals surface area contributed by atoms with Crippen LogP contribution in [0.4, 0.5) is 11.9 Å². The molecular formula is C58H58N12O5. The molecule has 0 atom stereocenters. The number of hydrogen-bond donors (Lipinski definition) is 4. The van der Waals surface area contributed by atoms with Crippen LogP contribution < -0.4 is 16.8 Å². The largest absolute Gasteiger partial charge is 0.478 e. The number of aromatic carboxylic acids is 1. The van der Waals surface area contributed by atoms with Crippen LogP contribution in [-0.4, -0.2) is 140 Å². The van der Waals surface area contributed by atoms with Crippen LogP contribution >= 0.6 is 0 Å². The lowest BCUT2D eigenvalue weighted by Crippen LogP contribution is -2.47. The van der Waals surface area contributed by atoms with Gasteiger partial charge in [-0.1, -0.05) is 97.1 Å². The van der Waals surface area contributed by atoms with Crippen molar-refractivity contribution in [2.75, 3.05) is 77.9 Å². The van der Waals surface area contributed by atoms with Gasteiger partial charge in [0.15, 0.2) is 0 Å². The number of benzene rings is 6. The van der Waals surface area contributed by atoms with E-state index in [4.69, 9.17) is 11.5 Å². The smallest absolute Gasteiger partial charge is 0.336 e. The normalized spacial score (nSPS) is 15.4. The summed E-state index contributed by atoms with van der Waals surface area (Å²) in [5.74, 6) is -1.34. The van der Waals surface area contributed by atoms with Crippen LogP contribution in [0.5, 0.6) is 0 Å². The summed E-state index contributed by atoms with van der Waals surface area (Å²) < 4.78 is 0. The minimum atomic E-state index is -1.02. The molecule has 4 aliphatic heterocycles. The highest BCUT2D eigenvalue weighted by atomic mass is 16.4. The molecule has 0 unspecified atom stereocenters. The third-order valence-electron chi connectivity index (χ3n) is 14.2. The number of amides is 3. The van der Waals surface area contributed by atoms with E-state index in [1.807, 2.05) is 95.9 Å². The van der Waals surface area contributed by atoms with Gasteiger partial charge in [0.1, 0.15) is 11.4 Å². The lowest BCUT2D eigenvalue weighted by atomic mass is 9.96. The van der Waals surface area contributed by atoms with Gasteiger partial charge in [0.25, 0.3) is 17.7 Å². The van der Waals surface area contributed by atoms with Gasteiger partial charge in [-0.05, 0) is 95.0 Å². The van der Waals surface area contributed by atoms with Crippen LogP contribution in [0.3, 0.4) is 0 Å². The Hall–Kier alpha value is -8.64. The molecule has 75 heavy (non-hydrogen) atoms. The summed E-state index contributed by atoms with van der Waals surface area (Å²) in [5, 5.41) is 14.0. The first-order chi connectivity index (χ1) is 36.4. The number of carboxylic acids is 1. The van der Waals surface area contributed by atoms with Gasteiger partial charge in [-0.25, -0.2) is 24.7 Å². The summed E-state index contributed by atoms with van der Waals surface area (Å²) >= 11 is 0. The van der Waals surface area contributed by atoms with Crippen LogP contribution in [0.2, 0.25) is 0 Å². The topological polar surface area (TPSA) is 220 Å². The van der Waals surface area contributed by atoms with E-state index in [-0.39, 0.29) is 46.6 Å². The number of rotatable bonds is 6. The van der Waals surface area contributed by atoms with E-state index in [0.717, 1.165) is 59.6 Å². The average molecular weight is 1000 g/mol. The van der Waals surface area contributed by atoms with Gasteiger partial charge in [0, 0.05) is 94.9 Å². The summed E-state index contributed by atoms with van der Waals surface area (Å²) in [6, 6.07) is 41.3. The second-order valence-electron chi connectivity index (χ2n) is 19.2. The van der Waals surface area contributed by atoms with Crippen LogP contribution in [0.15, 0.2) is 133 Å². The van der Waals surface area contributed by atoms with E-state index in [0.29, 0.717) is 77.8 Å². The van der Waals surface area contributed by atoms with Gasteiger partial charge in [0.2, 0.25) is 11.9 Å². The molecule has 2 fully saturated rings. The number of carbonyl (C=O) groups is 4. The highest BCUT2D eigenvalue weighted by Gasteiger charge is 2.30. The van der Waals surface area contributed by atoms with E-state index in [1.165, 1.54) is 13.1 Å². The van der Waals surface area contributed by atoms with Crippen molar-refractivity contribution in [3.8, 4) is 22.3 Å². The fraction of sp³-hybridized carbons (Fsp3) is 0.241. The van der Waals surface area contributed by atoms with Gasteiger partial charge >= 0.3 is 5.97 Å². The van der Waals surface area contributed by atoms with Crippen molar-refractivity contribution >= 4 is 57.4 Å². The summed E-state index contributed by atoms with van der Waals surface area (Å²) in [7, 11) is 4.22. The average Bonchev–Trinajstić information content (AvgIpc) is 4.08. The maximum absolute atomic E-state index is 13.7. The lowest BCUT2D eigenvalue weighted by molar-refractivity contribution is 0.0662. The zero-order valence-electron chi connectivity index (χ0n) is 41.9. The van der Waals surface area contributed by atoms with Crippen molar-refractivity contribution in [3.63, 3.8) is 0 Å². The molecule has 3 amide bonds. The quantitative estimate of drug-likeness (QED) is 0.137. The molecule has 8 aromatic rings. The van der Waals surface area contributed by atoms with Crippen LogP contribution in [-0.2, 0) is 26.2 Å². The van der Waals surface area contributed by atoms with Crippen molar-refractivity contribution in [1.82, 2.24) is 49.8 Å². The number of hydrogen-bond acceptors (Lipinski definition) is 13. The first-order valence-corrected chi connectivity index (χ1v) is 25.0. The van der Waals surface area contributed by atoms with Crippen molar-refractivity contribution in [2.45, 2.75) is 26.2 Å². The molecule has 12 rings (SSSR count). The monoisotopic (exact) mass is 1000 g/mol. The molecule has 0 aliphatic carbocycles. The second-order valence-corrected chi connectivity index (χ2v) is 19.2. The Kier molecular flexibility index (Phi) is 14.5. The Bertz CT molecular complexity index is 3430. The molecule has 380 valence electrons. The molecule has 6 aromatic carbocycles. The maximum atomic E-state index is 13.7. The van der Waals surface area contributed by atoms with E-state index in [1.54, 1.807) is 52.3 Å². The maximum Gasteiger partial charge on any atom is 0.336 e. The molecule has 0 spiro atoms. The molecule has 4 aliphatic rings. The Balaban J connectivity index is 0.000000153. The van der Waals surface area contributed by atoms with Gasteiger partial charge in [-0.15, -0.1) is 0 Å². The van der Waals surface area contributed by atoms with E-state index in [9.17, 15) is 24.3 Å². The van der Waals surface area contributed by atoms with E-state index in [2.05, 4.69) is 49.1 Å². The first kappa shape index (κ1) is 49.9. The van der Waals surface area contributed by atoms with Gasteiger partial charge < -0.3 is 46.4 Å². The SMILES string of the molecule is CN1CCN(C(=O)c2ccccc2-c2ccc3nc(N)nc(C(=O)N4Cc5ccccc5C4)c3c2)CC1.CN1CCNCC1.Nc1nc(C(=O)N2Cc3ccccc3C2)c2cc(-c3ccccc3C(=O)O)ccc2n1. The summed E-state index contributed by atoms with van der Waals surface area (Å²) in [5.41, 5.74) is 21.7. The van der Waals surface area contributed by atoms with Crippen molar-refractivity contribution < 1.29 is 24.3 Å². The standard InChI is InChI=1S/C29H28N6O2.C24H18N4O3.C5H12N2/c1-33-12-14-34(15-13-33)27(36)23-9-5-4-8-22(23)19-10-11-25-24(16-19)26(32-29(30)31-25)28(37)35-17-20-6-2-3-7-21(20)18-35;25-24-26-20-10-9-14(17-7-3-4-8-18(17)23(30)31)11-19(20)21(27-24)22(29)28-12-15-5-1-2-6-16(15)13-28;1-7-4-2-6-3-5-7/h2-11,16H,12-15,17-18H2,1H3,(H2,30,31,32);1-11H,12-13H2,(H,30,31)(H2,25,26,27);6H,2-5H2,1H3. The molecule has 0 saturated carbocycles. The highest BCUT2D eigenvalue weighted by molar-refractivity contribution is 6.08. The zero-order valence-corrected chi connectivity index (χ0v) is 41.9. The molecule has 0 radical (unpaired) electrons. The number of aromatic nitrogens is 4. The fourth-order valence-electron chi connectivity index (χ4n) is 10.0. The highest BCUT2D eigenvalue weighted by Crippen LogP contribution is 2.33. The predicted octanol–water partition coefficient (Wildman–Crippen LogP) is 6.68. The number of anilines is 2. The summed E-state index contributed by atoms with van der Waals surface area (Å²) in [6.45, 7) is 9.92. The van der Waals surface area contributed by atoms with Crippen LogP contribution in [0.25, 0.3) is 44.1 Å². The second kappa shape index (κ2) is 21.8. The number of piperazine rings is 2. The third kappa shape index (κ3) is 10.9. The molecule has 2 saturated heterocycles. The Morgan fingerprint density at radius 3 is 1.29 bits per heavy atom. The van der Waals surface area contributed by atoms with Crippen molar-refractivity contribution in [3.05, 3.63) is 178 Å². The molecule has 6 heterocycles. The number of nitrogen functional groups attached to an aromatic ring is 2. The minimum absolute atomic E-state index is 0.0171. The zero-order chi connectivity index (χ0) is 52.2. The molecule has 6 N–H and O–H groups in total. The van der Waals surface area contributed by atoms with Crippen LogP contribution in [0, 0.1) is 0 Å². The molecular weight excluding hydrogens is 945 g/mol. The molecule has 17 nitrogen and oxygen atoms in total. The Labute approximate surface area is 434 Å². The number of likely N-dealkylation sites (N-methyl/N-ethyl adjacent to an activating group) is 2. The van der Waals surface area contributed by atoms with Crippen molar-refractivity contribution in [1.29, 1.82) is 0 Å². The molecule has 0 bridgehead atoms. The Morgan fingerprint density at radius 1 is 0.467 bits per heavy atom. The fourth-order valence-corrected chi connectivity index (χ4v) is 10.0. The number of carbonyl (C=O) groups excluding carboxylic acids is 3. The lowest BCUT2D eigenvalue weighted by Gasteiger charge is -2.32. The summed E-state index contributed by atoms with van der Waals surface area (Å²) in [4.78, 5) is 79.4. The van der Waals surface area contributed by atoms with Crippen LogP contribution in [0.1, 0.15) is 63.9 Å². The van der Waals surface area contributed by atoms with Gasteiger partial charge in [-0.3, -0.25) is 14.4 Å². The minimum Gasteiger partial charge on any atom is -0.478 e. The number of fused-ring (bicyclic) bond motifs is 4. The van der Waals surface area contributed by atoms with Crippen molar-refractivity contribution in [2.24, 2.45) is 0 Å². The number of carboxylic acid groups (broad SMARTS) is 1. The predicted molar refractivity (Wildman–Crippen MR) is 290 cm³/mol. The number of nitrogens with two attached hydrogens (primary N) is 2. The number of nitrogens with one attached hydrogen (secondary N) is 1. The molecule has 17 heteroatoms. The number of nitrogens with zero attached hydrogens (tertiary/aromatic N) is 9.